The van der Waals surface area contributed by atoms with Gasteiger partial charge in [-0.25, -0.2) is 0 Å². The van der Waals surface area contributed by atoms with Gasteiger partial charge in [-0.15, -0.1) is 0 Å². The van der Waals surface area contributed by atoms with Crippen LogP contribution in [0.1, 0.15) is 23.1 Å². The molecule has 0 unspecified atom stereocenters. The second kappa shape index (κ2) is 6.95. The summed E-state index contributed by atoms with van der Waals surface area (Å²) in [5.41, 5.74) is 4.54. The van der Waals surface area contributed by atoms with E-state index in [4.69, 9.17) is 16.4 Å². The van der Waals surface area contributed by atoms with E-state index in [9.17, 15) is 0 Å². The first-order chi connectivity index (χ1) is 10.7. The topological polar surface area (TPSA) is 33.6 Å². The van der Waals surface area contributed by atoms with Crippen molar-refractivity contribution < 1.29 is 4.84 Å². The van der Waals surface area contributed by atoms with Crippen LogP contribution >= 0.6 is 11.6 Å². The Morgan fingerprint density at radius 1 is 1.18 bits per heavy atom. The number of rotatable bonds is 5. The van der Waals surface area contributed by atoms with Crippen molar-refractivity contribution in [3.63, 3.8) is 0 Å². The molecule has 0 bridgehead atoms. The fourth-order valence-electron chi connectivity index (χ4n) is 2.60. The van der Waals surface area contributed by atoms with Gasteiger partial charge in [0.05, 0.1) is 5.71 Å². The molecule has 3 rings (SSSR count). The van der Waals surface area contributed by atoms with Crippen molar-refractivity contribution in [1.82, 2.24) is 5.32 Å². The summed E-state index contributed by atoms with van der Waals surface area (Å²) in [5, 5.41) is 8.42. The van der Waals surface area contributed by atoms with E-state index in [-0.39, 0.29) is 6.10 Å². The highest BCUT2D eigenvalue weighted by Crippen LogP contribution is 2.19. The van der Waals surface area contributed by atoms with E-state index in [1.165, 1.54) is 11.1 Å². The predicted molar refractivity (Wildman–Crippen MR) is 90.4 cm³/mol. The fourth-order valence-corrected chi connectivity index (χ4v) is 2.81. The first kappa shape index (κ1) is 15.1. The summed E-state index contributed by atoms with van der Waals surface area (Å²) in [6.07, 6.45) is 0.914. The molecule has 22 heavy (non-hydrogen) atoms. The third-order valence-electron chi connectivity index (χ3n) is 3.83. The lowest BCUT2D eigenvalue weighted by Crippen LogP contribution is -2.26. The maximum absolute atomic E-state index is 6.15. The molecular weight excluding hydrogens is 296 g/mol. The molecule has 0 spiro atoms. The van der Waals surface area contributed by atoms with Gasteiger partial charge in [0.1, 0.15) is 6.10 Å². The molecule has 114 valence electrons. The number of nitrogens with zero attached hydrogens (tertiary/aromatic N) is 1. The van der Waals surface area contributed by atoms with Gasteiger partial charge in [0.15, 0.2) is 0 Å². The van der Waals surface area contributed by atoms with Crippen LogP contribution in [0.15, 0.2) is 53.7 Å². The SMILES string of the molecule is Cc1ccccc1C1=NO[C@H](CNCc2ccccc2Cl)C1. The van der Waals surface area contributed by atoms with Crippen molar-refractivity contribution >= 4 is 17.3 Å². The quantitative estimate of drug-likeness (QED) is 0.907. The maximum atomic E-state index is 6.15. The Labute approximate surface area is 135 Å². The molecule has 0 aliphatic carbocycles. The number of halogens is 1. The highest BCUT2D eigenvalue weighted by molar-refractivity contribution is 6.31. The van der Waals surface area contributed by atoms with Gasteiger partial charge in [0.25, 0.3) is 0 Å². The first-order valence-corrected chi connectivity index (χ1v) is 7.84. The van der Waals surface area contributed by atoms with Crippen LogP contribution in [-0.4, -0.2) is 18.4 Å². The summed E-state index contributed by atoms with van der Waals surface area (Å²) in [6.45, 7) is 3.59. The zero-order chi connectivity index (χ0) is 15.4. The Morgan fingerprint density at radius 3 is 2.77 bits per heavy atom. The molecule has 2 aromatic rings. The van der Waals surface area contributed by atoms with Crippen molar-refractivity contribution in [3.05, 3.63) is 70.2 Å². The van der Waals surface area contributed by atoms with E-state index in [0.29, 0.717) is 0 Å². The standard InChI is InChI=1S/C18H19ClN2O/c1-13-6-2-4-8-16(13)18-10-15(22-21-18)12-20-11-14-7-3-5-9-17(14)19/h2-9,15,20H,10-12H2,1H3/t15-/m0/s1. The van der Waals surface area contributed by atoms with E-state index >= 15 is 0 Å². The average molecular weight is 315 g/mol. The van der Waals surface area contributed by atoms with Gasteiger partial charge in [-0.2, -0.15) is 0 Å². The number of hydrogen-bond donors (Lipinski definition) is 1. The second-order valence-corrected chi connectivity index (χ2v) is 5.91. The van der Waals surface area contributed by atoms with Crippen molar-refractivity contribution in [3.8, 4) is 0 Å². The van der Waals surface area contributed by atoms with Gasteiger partial charge in [-0.05, 0) is 24.1 Å². The summed E-state index contributed by atoms with van der Waals surface area (Å²) < 4.78 is 0. The first-order valence-electron chi connectivity index (χ1n) is 7.47. The molecule has 0 saturated carbocycles. The number of hydrogen-bond acceptors (Lipinski definition) is 3. The normalized spacial score (nSPS) is 17.2. The van der Waals surface area contributed by atoms with Crippen molar-refractivity contribution in [2.75, 3.05) is 6.54 Å². The molecule has 0 radical (unpaired) electrons. The van der Waals surface area contributed by atoms with E-state index in [1.807, 2.05) is 36.4 Å². The minimum absolute atomic E-state index is 0.0806. The van der Waals surface area contributed by atoms with Crippen LogP contribution in [0.3, 0.4) is 0 Å². The van der Waals surface area contributed by atoms with Crippen LogP contribution < -0.4 is 5.32 Å². The Hall–Kier alpha value is -1.84. The summed E-state index contributed by atoms with van der Waals surface area (Å²) in [4.78, 5) is 5.54. The lowest BCUT2D eigenvalue weighted by molar-refractivity contribution is 0.0848. The summed E-state index contributed by atoms with van der Waals surface area (Å²) >= 11 is 6.15. The zero-order valence-corrected chi connectivity index (χ0v) is 13.3. The summed E-state index contributed by atoms with van der Waals surface area (Å²) in [7, 11) is 0. The Kier molecular flexibility index (Phi) is 4.76. The zero-order valence-electron chi connectivity index (χ0n) is 12.6. The van der Waals surface area contributed by atoms with Gasteiger partial charge < -0.3 is 10.2 Å². The molecule has 2 aromatic carbocycles. The van der Waals surface area contributed by atoms with Crippen LogP contribution in [0.25, 0.3) is 0 Å². The molecular formula is C18H19ClN2O. The Bertz CT molecular complexity index is 684. The molecule has 4 heteroatoms. The number of benzene rings is 2. The highest BCUT2D eigenvalue weighted by Gasteiger charge is 2.22. The monoisotopic (exact) mass is 314 g/mol. The third-order valence-corrected chi connectivity index (χ3v) is 4.20. The van der Waals surface area contributed by atoms with Crippen LogP contribution in [0.5, 0.6) is 0 Å². The van der Waals surface area contributed by atoms with Crippen LogP contribution in [0, 0.1) is 6.92 Å². The van der Waals surface area contributed by atoms with E-state index < -0.39 is 0 Å². The van der Waals surface area contributed by atoms with Crippen molar-refractivity contribution in [2.24, 2.45) is 5.16 Å². The van der Waals surface area contributed by atoms with Gasteiger partial charge in [0, 0.05) is 30.1 Å². The Morgan fingerprint density at radius 2 is 1.95 bits per heavy atom. The lowest BCUT2D eigenvalue weighted by atomic mass is 10.0. The lowest BCUT2D eigenvalue weighted by Gasteiger charge is -2.10. The van der Waals surface area contributed by atoms with Crippen molar-refractivity contribution in [2.45, 2.75) is 26.0 Å². The minimum Gasteiger partial charge on any atom is -0.390 e. The van der Waals surface area contributed by atoms with Gasteiger partial charge in [-0.1, -0.05) is 59.2 Å². The average Bonchev–Trinajstić information content (AvgIpc) is 2.98. The molecule has 3 nitrogen and oxygen atoms in total. The molecule has 1 atom stereocenters. The molecule has 1 aliphatic rings. The smallest absolute Gasteiger partial charge is 0.145 e. The Balaban J connectivity index is 1.51. The van der Waals surface area contributed by atoms with Crippen LogP contribution in [-0.2, 0) is 11.4 Å². The molecule has 0 saturated heterocycles. The molecule has 1 N–H and O–H groups in total. The van der Waals surface area contributed by atoms with Crippen LogP contribution in [0.2, 0.25) is 5.02 Å². The molecule has 0 fully saturated rings. The fraction of sp³-hybridized carbons (Fsp3) is 0.278. The van der Waals surface area contributed by atoms with Crippen molar-refractivity contribution in [1.29, 1.82) is 0 Å². The van der Waals surface area contributed by atoms with Gasteiger partial charge in [0.2, 0.25) is 0 Å². The maximum Gasteiger partial charge on any atom is 0.145 e. The number of nitrogens with one attached hydrogen (secondary N) is 1. The van der Waals surface area contributed by atoms with E-state index in [1.54, 1.807) is 0 Å². The van der Waals surface area contributed by atoms with Gasteiger partial charge in [-0.3, -0.25) is 0 Å². The minimum atomic E-state index is 0.0806. The van der Waals surface area contributed by atoms with E-state index in [0.717, 1.165) is 35.8 Å². The molecule has 1 heterocycles. The third kappa shape index (κ3) is 3.49. The molecule has 1 aliphatic heterocycles. The predicted octanol–water partition coefficient (Wildman–Crippen LogP) is 3.93. The summed E-state index contributed by atoms with van der Waals surface area (Å²) in [5.74, 6) is 0. The second-order valence-electron chi connectivity index (χ2n) is 5.51. The highest BCUT2D eigenvalue weighted by atomic mass is 35.5. The van der Waals surface area contributed by atoms with Crippen LogP contribution in [0.4, 0.5) is 0 Å². The summed E-state index contributed by atoms with van der Waals surface area (Å²) in [6, 6.07) is 16.1. The molecule has 0 amide bonds. The van der Waals surface area contributed by atoms with Gasteiger partial charge >= 0.3 is 0 Å². The molecule has 0 aromatic heterocycles. The largest absolute Gasteiger partial charge is 0.390 e. The number of aryl methyl sites for hydroxylation is 1. The number of oxime groups is 1. The van der Waals surface area contributed by atoms with E-state index in [2.05, 4.69) is 29.5 Å².